The molecule has 0 spiro atoms. The van der Waals surface area contributed by atoms with Gasteiger partial charge in [0.1, 0.15) is 0 Å². The van der Waals surface area contributed by atoms with Gasteiger partial charge < -0.3 is 5.32 Å². The predicted octanol–water partition coefficient (Wildman–Crippen LogP) is 3.74. The minimum Gasteiger partial charge on any atom is -0.307 e. The van der Waals surface area contributed by atoms with Crippen LogP contribution in [-0.2, 0) is 6.42 Å². The Kier molecular flexibility index (Phi) is 5.33. The van der Waals surface area contributed by atoms with Crippen molar-refractivity contribution in [2.45, 2.75) is 19.4 Å². The zero-order chi connectivity index (χ0) is 14.4. The fourth-order valence-corrected chi connectivity index (χ4v) is 2.16. The maximum atomic E-state index is 12.2. The van der Waals surface area contributed by atoms with Crippen molar-refractivity contribution in [3.05, 3.63) is 70.7 Å². The lowest BCUT2D eigenvalue weighted by Crippen LogP contribution is -2.35. The second-order valence-electron chi connectivity index (χ2n) is 4.78. The predicted molar refractivity (Wildman–Crippen MR) is 83.4 cm³/mol. The molecule has 0 aliphatic heterocycles. The Balaban J connectivity index is 1.84. The van der Waals surface area contributed by atoms with Crippen molar-refractivity contribution in [2.75, 3.05) is 6.54 Å². The van der Waals surface area contributed by atoms with E-state index in [1.54, 1.807) is 24.3 Å². The summed E-state index contributed by atoms with van der Waals surface area (Å²) in [4.78, 5) is 12.2. The van der Waals surface area contributed by atoms with Crippen LogP contribution in [0.2, 0.25) is 5.02 Å². The third-order valence-corrected chi connectivity index (χ3v) is 3.48. The maximum Gasteiger partial charge on any atom is 0.179 e. The summed E-state index contributed by atoms with van der Waals surface area (Å²) in [7, 11) is 0. The third kappa shape index (κ3) is 4.19. The smallest absolute Gasteiger partial charge is 0.179 e. The van der Waals surface area contributed by atoms with Gasteiger partial charge in [-0.05, 0) is 49.7 Å². The quantitative estimate of drug-likeness (QED) is 0.820. The maximum absolute atomic E-state index is 12.2. The van der Waals surface area contributed by atoms with Gasteiger partial charge in [0.2, 0.25) is 0 Å². The van der Waals surface area contributed by atoms with Crippen LogP contribution in [0.4, 0.5) is 0 Å². The summed E-state index contributed by atoms with van der Waals surface area (Å²) in [6.07, 6.45) is 0.916. The number of carbonyl (C=O) groups excluding carboxylic acids is 1. The van der Waals surface area contributed by atoms with E-state index in [2.05, 4.69) is 17.4 Å². The molecule has 3 heteroatoms. The van der Waals surface area contributed by atoms with E-state index in [1.165, 1.54) is 5.56 Å². The monoisotopic (exact) mass is 287 g/mol. The molecule has 0 saturated carbocycles. The number of hydrogen-bond acceptors (Lipinski definition) is 2. The minimum absolute atomic E-state index is 0.0923. The van der Waals surface area contributed by atoms with Crippen molar-refractivity contribution in [1.82, 2.24) is 5.32 Å². The summed E-state index contributed by atoms with van der Waals surface area (Å²) in [6.45, 7) is 2.67. The van der Waals surface area contributed by atoms with Crippen LogP contribution in [0.25, 0.3) is 0 Å². The lowest BCUT2D eigenvalue weighted by atomic mass is 10.1. The first-order valence-electron chi connectivity index (χ1n) is 6.74. The van der Waals surface area contributed by atoms with Crippen LogP contribution < -0.4 is 5.32 Å². The van der Waals surface area contributed by atoms with Gasteiger partial charge in [0.05, 0.1) is 6.04 Å². The average molecular weight is 288 g/mol. The highest BCUT2D eigenvalue weighted by Gasteiger charge is 2.13. The number of benzene rings is 2. The number of rotatable bonds is 6. The first-order valence-corrected chi connectivity index (χ1v) is 7.11. The zero-order valence-corrected chi connectivity index (χ0v) is 12.2. The average Bonchev–Trinajstić information content (AvgIpc) is 2.48. The van der Waals surface area contributed by atoms with Crippen molar-refractivity contribution in [1.29, 1.82) is 0 Å². The molecule has 0 bridgehead atoms. The SMILES string of the molecule is CC(NCCc1ccccc1)C(=O)c1ccc(Cl)cc1. The largest absolute Gasteiger partial charge is 0.307 e. The Hall–Kier alpha value is -1.64. The molecule has 0 saturated heterocycles. The first-order chi connectivity index (χ1) is 9.66. The summed E-state index contributed by atoms with van der Waals surface area (Å²) in [6, 6.07) is 17.1. The summed E-state index contributed by atoms with van der Waals surface area (Å²) in [5.41, 5.74) is 1.96. The number of carbonyl (C=O) groups is 1. The molecule has 1 N–H and O–H groups in total. The molecule has 0 heterocycles. The number of hydrogen-bond donors (Lipinski definition) is 1. The lowest BCUT2D eigenvalue weighted by molar-refractivity contribution is 0.0951. The van der Waals surface area contributed by atoms with Crippen LogP contribution in [0.1, 0.15) is 22.8 Å². The molecule has 2 rings (SSSR count). The fraction of sp³-hybridized carbons (Fsp3) is 0.235. The second kappa shape index (κ2) is 7.22. The van der Waals surface area contributed by atoms with Gasteiger partial charge in [-0.1, -0.05) is 41.9 Å². The van der Waals surface area contributed by atoms with Gasteiger partial charge in [-0.3, -0.25) is 4.79 Å². The van der Waals surface area contributed by atoms with Crippen molar-refractivity contribution in [3.8, 4) is 0 Å². The highest BCUT2D eigenvalue weighted by atomic mass is 35.5. The Morgan fingerprint density at radius 1 is 1.10 bits per heavy atom. The number of nitrogens with one attached hydrogen (secondary N) is 1. The molecule has 1 unspecified atom stereocenters. The van der Waals surface area contributed by atoms with E-state index in [1.807, 2.05) is 25.1 Å². The van der Waals surface area contributed by atoms with Gasteiger partial charge in [-0.15, -0.1) is 0 Å². The lowest BCUT2D eigenvalue weighted by Gasteiger charge is -2.13. The van der Waals surface area contributed by atoms with Crippen LogP contribution in [0.15, 0.2) is 54.6 Å². The molecule has 0 aliphatic carbocycles. The Morgan fingerprint density at radius 3 is 2.40 bits per heavy atom. The van der Waals surface area contributed by atoms with Gasteiger partial charge >= 0.3 is 0 Å². The molecular weight excluding hydrogens is 270 g/mol. The van der Waals surface area contributed by atoms with Gasteiger partial charge in [0.25, 0.3) is 0 Å². The Bertz CT molecular complexity index is 551. The highest BCUT2D eigenvalue weighted by molar-refractivity contribution is 6.30. The van der Waals surface area contributed by atoms with Gasteiger partial charge in [0, 0.05) is 10.6 Å². The molecule has 1 atom stereocenters. The molecule has 0 aliphatic rings. The van der Waals surface area contributed by atoms with Crippen molar-refractivity contribution >= 4 is 17.4 Å². The normalized spacial score (nSPS) is 12.1. The van der Waals surface area contributed by atoms with Crippen molar-refractivity contribution < 1.29 is 4.79 Å². The number of ketones is 1. The molecule has 2 nitrogen and oxygen atoms in total. The molecule has 0 radical (unpaired) electrons. The van der Waals surface area contributed by atoms with Crippen LogP contribution in [0.5, 0.6) is 0 Å². The number of Topliss-reactive ketones (excluding diaryl/α,β-unsaturated/α-hetero) is 1. The van der Waals surface area contributed by atoms with Gasteiger partial charge in [-0.25, -0.2) is 0 Å². The topological polar surface area (TPSA) is 29.1 Å². The summed E-state index contributed by atoms with van der Waals surface area (Å²) >= 11 is 5.82. The van der Waals surface area contributed by atoms with Crippen LogP contribution in [0.3, 0.4) is 0 Å². The second-order valence-corrected chi connectivity index (χ2v) is 5.22. The molecule has 0 amide bonds. The highest BCUT2D eigenvalue weighted by Crippen LogP contribution is 2.11. The third-order valence-electron chi connectivity index (χ3n) is 3.23. The molecular formula is C17H18ClNO. The Morgan fingerprint density at radius 2 is 1.75 bits per heavy atom. The van der Waals surface area contributed by atoms with Crippen molar-refractivity contribution in [3.63, 3.8) is 0 Å². The van der Waals surface area contributed by atoms with Crippen LogP contribution in [0, 0.1) is 0 Å². The fourth-order valence-electron chi connectivity index (χ4n) is 2.03. The zero-order valence-electron chi connectivity index (χ0n) is 11.5. The summed E-state index contributed by atoms with van der Waals surface area (Å²) < 4.78 is 0. The molecule has 0 aromatic heterocycles. The van der Waals surface area contributed by atoms with E-state index >= 15 is 0 Å². The standard InChI is InChI=1S/C17H18ClNO/c1-13(17(20)15-7-9-16(18)10-8-15)19-12-11-14-5-3-2-4-6-14/h2-10,13,19H,11-12H2,1H3. The van der Waals surface area contributed by atoms with E-state index < -0.39 is 0 Å². The molecule has 2 aromatic rings. The van der Waals surface area contributed by atoms with E-state index in [4.69, 9.17) is 11.6 Å². The van der Waals surface area contributed by atoms with E-state index in [0.717, 1.165) is 13.0 Å². The van der Waals surface area contributed by atoms with Gasteiger partial charge in [-0.2, -0.15) is 0 Å². The first kappa shape index (κ1) is 14.8. The van der Waals surface area contributed by atoms with E-state index in [-0.39, 0.29) is 11.8 Å². The molecule has 0 fully saturated rings. The minimum atomic E-state index is -0.195. The van der Waals surface area contributed by atoms with E-state index in [0.29, 0.717) is 10.6 Å². The number of halogens is 1. The van der Waals surface area contributed by atoms with Crippen molar-refractivity contribution in [2.24, 2.45) is 0 Å². The van der Waals surface area contributed by atoms with Gasteiger partial charge in [0.15, 0.2) is 5.78 Å². The summed E-state index contributed by atoms with van der Waals surface area (Å²) in [5.74, 6) is 0.0923. The summed E-state index contributed by atoms with van der Waals surface area (Å²) in [5, 5.41) is 3.91. The molecule has 104 valence electrons. The molecule has 20 heavy (non-hydrogen) atoms. The van der Waals surface area contributed by atoms with Crippen LogP contribution in [-0.4, -0.2) is 18.4 Å². The van der Waals surface area contributed by atoms with Crippen LogP contribution >= 0.6 is 11.6 Å². The molecule has 2 aromatic carbocycles. The Labute approximate surface area is 124 Å². The van der Waals surface area contributed by atoms with E-state index in [9.17, 15) is 4.79 Å².